The molecule has 0 N–H and O–H groups in total. The Kier molecular flexibility index (Phi) is 6.15. The van der Waals surface area contributed by atoms with Crippen molar-refractivity contribution >= 4 is 11.6 Å². The Morgan fingerprint density at radius 1 is 0.708 bits per heavy atom. The molecule has 0 aliphatic rings. The van der Waals surface area contributed by atoms with Crippen LogP contribution in [-0.4, -0.2) is 11.6 Å². The molecule has 24 heavy (non-hydrogen) atoms. The van der Waals surface area contributed by atoms with Gasteiger partial charge in [-0.05, 0) is 6.07 Å². The number of ketones is 2. The van der Waals surface area contributed by atoms with Crippen molar-refractivity contribution in [2.75, 3.05) is 0 Å². The van der Waals surface area contributed by atoms with Crippen LogP contribution < -0.4 is 21.5 Å². The van der Waals surface area contributed by atoms with Crippen LogP contribution in [0.5, 0.6) is 0 Å². The van der Waals surface area contributed by atoms with E-state index in [-0.39, 0.29) is 35.1 Å². The van der Waals surface area contributed by atoms with Crippen molar-refractivity contribution in [3.63, 3.8) is 0 Å². The summed E-state index contributed by atoms with van der Waals surface area (Å²) >= 11 is 0. The first-order valence-electron chi connectivity index (χ1n) is 7.42. The summed E-state index contributed by atoms with van der Waals surface area (Å²) in [5.41, 5.74) is 1.75. The summed E-state index contributed by atoms with van der Waals surface area (Å²) in [6.07, 6.45) is 1.76. The molecule has 0 atom stereocenters. The molecule has 0 saturated heterocycles. The number of carbonyl (C=O) groups is 2. The minimum absolute atomic E-state index is 0. The highest BCUT2D eigenvalue weighted by Crippen LogP contribution is 2.07. The topological polar surface area (TPSA) is 38.0 Å². The lowest BCUT2D eigenvalue weighted by Gasteiger charge is -2.03. The number of pyridine rings is 1. The molecule has 4 heteroatoms. The van der Waals surface area contributed by atoms with Gasteiger partial charge in [0, 0.05) is 23.3 Å². The maximum atomic E-state index is 12.7. The average molecular weight is 382 g/mol. The van der Waals surface area contributed by atoms with E-state index in [0.29, 0.717) is 16.8 Å². The van der Waals surface area contributed by atoms with Gasteiger partial charge in [0.1, 0.15) is 0 Å². The van der Waals surface area contributed by atoms with E-state index in [0.717, 1.165) is 0 Å². The molecule has 0 bridgehead atoms. The third-order valence-electron chi connectivity index (χ3n) is 3.62. The molecule has 0 spiro atoms. The van der Waals surface area contributed by atoms with Gasteiger partial charge in [-0.25, -0.2) is 0 Å². The second-order valence-electron chi connectivity index (χ2n) is 5.20. The maximum Gasteiger partial charge on any atom is 0.256 e. The van der Waals surface area contributed by atoms with Crippen LogP contribution in [0.15, 0.2) is 85.1 Å². The number of rotatable bonds is 5. The Bertz CT molecular complexity index is 833. The molecule has 0 aliphatic carbocycles. The van der Waals surface area contributed by atoms with Crippen molar-refractivity contribution in [2.45, 2.75) is 6.54 Å². The third kappa shape index (κ3) is 4.03. The Balaban J connectivity index is 0.00000208. The zero-order valence-electron chi connectivity index (χ0n) is 12.9. The maximum absolute atomic E-state index is 12.7. The van der Waals surface area contributed by atoms with E-state index < -0.39 is 0 Å². The zero-order chi connectivity index (χ0) is 16.1. The van der Waals surface area contributed by atoms with Gasteiger partial charge in [-0.3, -0.25) is 9.59 Å². The molecule has 2 aromatic carbocycles. The number of halogens is 1. The number of Topliss-reactive ketones (excluding diaryl/α,β-unsaturated/α-hetero) is 1. The van der Waals surface area contributed by atoms with E-state index in [1.165, 1.54) is 0 Å². The minimum atomic E-state index is -0.0907. The first-order valence-corrected chi connectivity index (χ1v) is 7.42. The standard InChI is InChI=1S/C20H16NO2.BrH/c22-19(16-9-3-1-4-10-16)15-21-14-8-7-13-18(21)20(23)17-11-5-2-6-12-17;/h1-14H,15H2;1H/q+1;/p-1. The van der Waals surface area contributed by atoms with E-state index in [1.807, 2.05) is 42.5 Å². The van der Waals surface area contributed by atoms with Gasteiger partial charge < -0.3 is 17.0 Å². The molecule has 0 aliphatic heterocycles. The number of benzene rings is 2. The molecule has 3 nitrogen and oxygen atoms in total. The van der Waals surface area contributed by atoms with Crippen LogP contribution in [0.2, 0.25) is 0 Å². The Hall–Kier alpha value is -2.59. The van der Waals surface area contributed by atoms with Crippen LogP contribution in [0, 0.1) is 0 Å². The predicted molar refractivity (Wildman–Crippen MR) is 87.3 cm³/mol. The van der Waals surface area contributed by atoms with Gasteiger partial charge in [-0.2, -0.15) is 4.57 Å². The number of aromatic nitrogens is 1. The summed E-state index contributed by atoms with van der Waals surface area (Å²) < 4.78 is 1.70. The summed E-state index contributed by atoms with van der Waals surface area (Å²) in [5.74, 6) is -0.115. The van der Waals surface area contributed by atoms with Crippen molar-refractivity contribution in [3.8, 4) is 0 Å². The SMILES string of the molecule is O=C(C[n+]1ccccc1C(=O)c1ccccc1)c1ccccc1.[Br-]. The highest BCUT2D eigenvalue weighted by molar-refractivity contribution is 6.06. The fourth-order valence-electron chi connectivity index (χ4n) is 2.43. The Labute approximate surface area is 151 Å². The summed E-state index contributed by atoms with van der Waals surface area (Å²) in [6.45, 7) is 0.138. The third-order valence-corrected chi connectivity index (χ3v) is 3.62. The highest BCUT2D eigenvalue weighted by Gasteiger charge is 2.22. The van der Waals surface area contributed by atoms with Crippen LogP contribution in [-0.2, 0) is 6.54 Å². The molecular formula is C20H16BrNO2. The Morgan fingerprint density at radius 2 is 1.25 bits per heavy atom. The second kappa shape index (κ2) is 8.31. The van der Waals surface area contributed by atoms with E-state index >= 15 is 0 Å². The lowest BCUT2D eigenvalue weighted by Crippen LogP contribution is -3.00. The lowest BCUT2D eigenvalue weighted by molar-refractivity contribution is -0.684. The van der Waals surface area contributed by atoms with E-state index in [1.54, 1.807) is 47.2 Å². The van der Waals surface area contributed by atoms with Gasteiger partial charge in [-0.15, -0.1) is 0 Å². The minimum Gasteiger partial charge on any atom is -1.00 e. The number of nitrogens with zero attached hydrogens (tertiary/aromatic N) is 1. The molecule has 1 aromatic heterocycles. The van der Waals surface area contributed by atoms with Gasteiger partial charge >= 0.3 is 0 Å². The molecule has 0 fully saturated rings. The Morgan fingerprint density at radius 3 is 1.88 bits per heavy atom. The van der Waals surface area contributed by atoms with E-state index in [9.17, 15) is 9.59 Å². The van der Waals surface area contributed by atoms with Gasteiger partial charge in [0.2, 0.25) is 12.3 Å². The summed E-state index contributed by atoms with van der Waals surface area (Å²) in [6, 6.07) is 23.6. The lowest BCUT2D eigenvalue weighted by atomic mass is 10.1. The van der Waals surface area contributed by atoms with Gasteiger partial charge in [0.25, 0.3) is 11.5 Å². The number of hydrogen-bond donors (Lipinski definition) is 0. The molecule has 3 rings (SSSR count). The molecule has 0 amide bonds. The van der Waals surface area contributed by atoms with Crippen molar-refractivity contribution in [1.29, 1.82) is 0 Å². The quantitative estimate of drug-likeness (QED) is 0.464. The van der Waals surface area contributed by atoms with Crippen molar-refractivity contribution < 1.29 is 31.1 Å². The van der Waals surface area contributed by atoms with Gasteiger partial charge in [0.05, 0.1) is 0 Å². The van der Waals surface area contributed by atoms with E-state index in [2.05, 4.69) is 0 Å². The van der Waals surface area contributed by atoms with E-state index in [4.69, 9.17) is 0 Å². The van der Waals surface area contributed by atoms with Gasteiger partial charge in [-0.1, -0.05) is 60.7 Å². The number of carbonyl (C=O) groups excluding carboxylic acids is 2. The smallest absolute Gasteiger partial charge is 0.256 e. The highest BCUT2D eigenvalue weighted by atomic mass is 79.9. The van der Waals surface area contributed by atoms with Crippen LogP contribution in [0.4, 0.5) is 0 Å². The molecular weight excluding hydrogens is 366 g/mol. The summed E-state index contributed by atoms with van der Waals surface area (Å²) in [4.78, 5) is 25.0. The fourth-order valence-corrected chi connectivity index (χ4v) is 2.43. The van der Waals surface area contributed by atoms with Crippen LogP contribution in [0.1, 0.15) is 26.4 Å². The van der Waals surface area contributed by atoms with Crippen LogP contribution in [0.3, 0.4) is 0 Å². The molecule has 3 aromatic rings. The molecule has 1 heterocycles. The van der Waals surface area contributed by atoms with Crippen molar-refractivity contribution in [3.05, 3.63) is 102 Å². The first kappa shape index (κ1) is 17.8. The zero-order valence-corrected chi connectivity index (χ0v) is 14.5. The van der Waals surface area contributed by atoms with Crippen molar-refractivity contribution in [1.82, 2.24) is 0 Å². The second-order valence-corrected chi connectivity index (χ2v) is 5.20. The molecule has 0 radical (unpaired) electrons. The van der Waals surface area contributed by atoms with Crippen molar-refractivity contribution in [2.24, 2.45) is 0 Å². The largest absolute Gasteiger partial charge is 1.00 e. The summed E-state index contributed by atoms with van der Waals surface area (Å²) in [5, 5.41) is 0. The molecule has 120 valence electrons. The average Bonchev–Trinajstić information content (AvgIpc) is 2.63. The van der Waals surface area contributed by atoms with Crippen LogP contribution >= 0.6 is 0 Å². The predicted octanol–water partition coefficient (Wildman–Crippen LogP) is 0.0920. The molecule has 0 unspecified atom stereocenters. The number of hydrogen-bond acceptors (Lipinski definition) is 2. The first-order chi connectivity index (χ1) is 11.3. The van der Waals surface area contributed by atoms with Crippen LogP contribution in [0.25, 0.3) is 0 Å². The normalized spacial score (nSPS) is 9.83. The van der Waals surface area contributed by atoms with Gasteiger partial charge in [0.15, 0.2) is 6.20 Å². The fraction of sp³-hybridized carbons (Fsp3) is 0.0500. The summed E-state index contributed by atoms with van der Waals surface area (Å²) in [7, 11) is 0. The monoisotopic (exact) mass is 381 g/mol. The molecule has 0 saturated carbocycles.